The highest BCUT2D eigenvalue weighted by Gasteiger charge is 2.52. The van der Waals surface area contributed by atoms with Gasteiger partial charge in [0.15, 0.2) is 11.4 Å². The summed E-state index contributed by atoms with van der Waals surface area (Å²) >= 11 is 12.7. The van der Waals surface area contributed by atoms with Crippen molar-refractivity contribution in [1.29, 1.82) is 0 Å². The Morgan fingerprint density at radius 1 is 1.25 bits per heavy atom. The molecule has 1 saturated carbocycles. The van der Waals surface area contributed by atoms with Crippen LogP contribution in [0.5, 0.6) is 0 Å². The Bertz CT molecular complexity index is 728. The van der Waals surface area contributed by atoms with Gasteiger partial charge >= 0.3 is 12.1 Å². The van der Waals surface area contributed by atoms with Gasteiger partial charge in [0, 0.05) is 12.6 Å². The van der Waals surface area contributed by atoms with Crippen molar-refractivity contribution < 1.29 is 19.1 Å². The summed E-state index contributed by atoms with van der Waals surface area (Å²) in [7, 11) is 1.45. The van der Waals surface area contributed by atoms with Gasteiger partial charge in [-0.15, -0.1) is 0 Å². The Labute approximate surface area is 149 Å². The normalized spacial score (nSPS) is 18.9. The van der Waals surface area contributed by atoms with Crippen molar-refractivity contribution in [3.63, 3.8) is 0 Å². The van der Waals surface area contributed by atoms with Crippen molar-refractivity contribution >= 4 is 40.8 Å². The molecular formula is C17H17Cl2NO4. The van der Waals surface area contributed by atoms with E-state index in [1.54, 1.807) is 12.1 Å². The number of esters is 1. The van der Waals surface area contributed by atoms with Crippen LogP contribution in [0.25, 0.3) is 5.57 Å². The minimum Gasteiger partial charge on any atom is -0.447 e. The minimum atomic E-state index is -0.906. The van der Waals surface area contributed by atoms with E-state index in [0.717, 1.165) is 18.4 Å². The number of hydrogen-bond donors (Lipinski definition) is 1. The van der Waals surface area contributed by atoms with Gasteiger partial charge in [-0.2, -0.15) is 0 Å². The summed E-state index contributed by atoms with van der Waals surface area (Å²) < 4.78 is 11.1. The van der Waals surface area contributed by atoms with Crippen molar-refractivity contribution in [3.8, 4) is 0 Å². The maximum Gasteiger partial charge on any atom is 0.412 e. The predicted octanol–water partition coefficient (Wildman–Crippen LogP) is 4.24. The summed E-state index contributed by atoms with van der Waals surface area (Å²) in [6.45, 7) is 1.85. The maximum atomic E-state index is 12.6. The third-order valence-corrected chi connectivity index (χ3v) is 4.98. The number of rotatable bonds is 2. The Morgan fingerprint density at radius 2 is 1.83 bits per heavy atom. The molecule has 128 valence electrons. The van der Waals surface area contributed by atoms with Crippen LogP contribution < -0.4 is 5.32 Å². The van der Waals surface area contributed by atoms with E-state index in [4.69, 9.17) is 32.7 Å². The third kappa shape index (κ3) is 2.76. The number of hydrogen-bond acceptors (Lipinski definition) is 4. The average Bonchev–Trinajstić information content (AvgIpc) is 3.06. The number of amides is 1. The van der Waals surface area contributed by atoms with E-state index in [1.165, 1.54) is 7.05 Å². The molecule has 1 amide bonds. The Morgan fingerprint density at radius 3 is 2.38 bits per heavy atom. The molecule has 1 N–H and O–H groups in total. The van der Waals surface area contributed by atoms with Crippen LogP contribution in [0.1, 0.15) is 36.8 Å². The first-order valence-corrected chi connectivity index (χ1v) is 8.47. The van der Waals surface area contributed by atoms with Gasteiger partial charge in [-0.3, -0.25) is 0 Å². The van der Waals surface area contributed by atoms with Crippen molar-refractivity contribution in [2.75, 3.05) is 7.05 Å². The number of ether oxygens (including phenoxy) is 2. The van der Waals surface area contributed by atoms with Gasteiger partial charge in [0.1, 0.15) is 5.57 Å². The summed E-state index contributed by atoms with van der Waals surface area (Å²) in [6.07, 6.45) is 2.32. The summed E-state index contributed by atoms with van der Waals surface area (Å²) in [6, 6.07) is 3.42. The van der Waals surface area contributed by atoms with Gasteiger partial charge < -0.3 is 14.8 Å². The number of halogens is 2. The molecule has 0 saturated heterocycles. The highest BCUT2D eigenvalue weighted by Crippen LogP contribution is 2.50. The van der Waals surface area contributed by atoms with E-state index in [-0.39, 0.29) is 11.3 Å². The molecule has 1 aliphatic carbocycles. The molecule has 2 aliphatic rings. The van der Waals surface area contributed by atoms with Crippen LogP contribution in [-0.4, -0.2) is 24.7 Å². The lowest BCUT2D eigenvalue weighted by molar-refractivity contribution is -0.146. The van der Waals surface area contributed by atoms with Crippen LogP contribution in [-0.2, 0) is 14.3 Å². The van der Waals surface area contributed by atoms with Crippen LogP contribution in [0, 0.1) is 6.92 Å². The molecule has 0 radical (unpaired) electrons. The highest BCUT2D eigenvalue weighted by molar-refractivity contribution is 6.40. The fourth-order valence-corrected chi connectivity index (χ4v) is 4.10. The molecule has 1 aromatic carbocycles. The summed E-state index contributed by atoms with van der Waals surface area (Å²) in [5.41, 5.74) is 0.438. The third-order valence-electron chi connectivity index (χ3n) is 4.38. The van der Waals surface area contributed by atoms with Crippen molar-refractivity contribution in [3.05, 3.63) is 39.1 Å². The molecule has 7 heteroatoms. The Kier molecular flexibility index (Phi) is 4.49. The smallest absolute Gasteiger partial charge is 0.412 e. The SMILES string of the molecule is CNC(=O)OC1=C(c2c(Cl)cc(C)cc2Cl)C(=O)OC12CCCC2. The largest absolute Gasteiger partial charge is 0.447 e. The molecule has 0 aromatic heterocycles. The van der Waals surface area contributed by atoms with Gasteiger partial charge in [-0.1, -0.05) is 23.2 Å². The minimum absolute atomic E-state index is 0.135. The number of nitrogens with one attached hydrogen (secondary N) is 1. The zero-order valence-corrected chi connectivity index (χ0v) is 14.9. The van der Waals surface area contributed by atoms with Crippen molar-refractivity contribution in [1.82, 2.24) is 5.32 Å². The molecule has 1 aliphatic heterocycles. The molecule has 0 unspecified atom stereocenters. The van der Waals surface area contributed by atoms with Crippen molar-refractivity contribution in [2.24, 2.45) is 0 Å². The van der Waals surface area contributed by atoms with Gasteiger partial charge in [0.2, 0.25) is 0 Å². The first kappa shape index (κ1) is 17.1. The molecular weight excluding hydrogens is 353 g/mol. The van der Waals surface area contributed by atoms with E-state index in [1.807, 2.05) is 6.92 Å². The maximum absolute atomic E-state index is 12.6. The molecule has 1 heterocycles. The standard InChI is InChI=1S/C17H17Cl2NO4/c1-9-7-10(18)12(11(19)8-9)13-14(23-16(22)20-2)17(24-15(13)21)5-3-4-6-17/h7-8H,3-6H2,1-2H3,(H,20,22). The fraction of sp³-hybridized carbons (Fsp3) is 0.412. The van der Waals surface area contributed by atoms with Gasteiger partial charge in [-0.05, 0) is 50.3 Å². The van der Waals surface area contributed by atoms with Gasteiger partial charge in [0.25, 0.3) is 0 Å². The molecule has 5 nitrogen and oxygen atoms in total. The van der Waals surface area contributed by atoms with Crippen LogP contribution in [0.3, 0.4) is 0 Å². The number of alkyl carbamates (subject to hydrolysis) is 1. The topological polar surface area (TPSA) is 64.6 Å². The molecule has 1 spiro atoms. The van der Waals surface area contributed by atoms with Crippen LogP contribution >= 0.6 is 23.2 Å². The van der Waals surface area contributed by atoms with Crippen molar-refractivity contribution in [2.45, 2.75) is 38.2 Å². The summed E-state index contributed by atoms with van der Waals surface area (Å²) in [5, 5.41) is 3.03. The second-order valence-corrected chi connectivity index (χ2v) is 6.85. The number of carbonyl (C=O) groups excluding carboxylic acids is 2. The highest BCUT2D eigenvalue weighted by atomic mass is 35.5. The van der Waals surface area contributed by atoms with Gasteiger partial charge in [-0.25, -0.2) is 9.59 Å². The molecule has 0 atom stereocenters. The van der Waals surface area contributed by atoms with Gasteiger partial charge in [0.05, 0.1) is 10.0 Å². The predicted molar refractivity (Wildman–Crippen MR) is 91.0 cm³/mol. The first-order chi connectivity index (χ1) is 11.4. The Balaban J connectivity index is 2.21. The van der Waals surface area contributed by atoms with E-state index in [9.17, 15) is 9.59 Å². The van der Waals surface area contributed by atoms with Crippen LogP contribution in [0.4, 0.5) is 4.79 Å². The summed E-state index contributed by atoms with van der Waals surface area (Å²) in [5.74, 6) is -0.361. The number of aryl methyl sites for hydroxylation is 1. The number of carbonyl (C=O) groups is 2. The monoisotopic (exact) mass is 369 g/mol. The first-order valence-electron chi connectivity index (χ1n) is 7.71. The fourth-order valence-electron chi connectivity index (χ4n) is 3.31. The second-order valence-electron chi connectivity index (χ2n) is 6.04. The van der Waals surface area contributed by atoms with E-state index >= 15 is 0 Å². The Hall–Kier alpha value is -1.72. The van der Waals surface area contributed by atoms with E-state index in [2.05, 4.69) is 5.32 Å². The zero-order chi connectivity index (χ0) is 17.5. The molecule has 24 heavy (non-hydrogen) atoms. The van der Waals surface area contributed by atoms with E-state index in [0.29, 0.717) is 28.5 Å². The lowest BCUT2D eigenvalue weighted by Gasteiger charge is -2.24. The lowest BCUT2D eigenvalue weighted by atomic mass is 9.95. The molecule has 0 bridgehead atoms. The zero-order valence-electron chi connectivity index (χ0n) is 13.4. The second kappa shape index (κ2) is 6.30. The van der Waals surface area contributed by atoms with Crippen LogP contribution in [0.15, 0.2) is 17.9 Å². The summed E-state index contributed by atoms with van der Waals surface area (Å²) in [4.78, 5) is 24.4. The average molecular weight is 370 g/mol. The molecule has 1 fully saturated rings. The van der Waals surface area contributed by atoms with Crippen LogP contribution in [0.2, 0.25) is 10.0 Å². The van der Waals surface area contributed by atoms with E-state index < -0.39 is 17.7 Å². The lowest BCUT2D eigenvalue weighted by Crippen LogP contribution is -2.32. The molecule has 3 rings (SSSR count). The quantitative estimate of drug-likeness (QED) is 0.791. The number of benzene rings is 1. The molecule has 1 aromatic rings.